The SMILES string of the molecule is Cc1csc2sc(C(=O)Oc3ccc(Cl)cc3)c(C)c12. The van der Waals surface area contributed by atoms with Gasteiger partial charge in [0.1, 0.15) is 10.6 Å². The number of benzene rings is 1. The minimum atomic E-state index is -0.308. The van der Waals surface area contributed by atoms with Crippen molar-refractivity contribution in [2.45, 2.75) is 13.8 Å². The molecule has 0 spiro atoms. The molecule has 0 aliphatic heterocycles. The van der Waals surface area contributed by atoms with Gasteiger partial charge in [0.25, 0.3) is 0 Å². The Balaban J connectivity index is 1.92. The lowest BCUT2D eigenvalue weighted by atomic mass is 10.1. The monoisotopic (exact) mass is 322 g/mol. The number of ether oxygens (including phenoxy) is 1. The summed E-state index contributed by atoms with van der Waals surface area (Å²) in [7, 11) is 0. The molecule has 0 aliphatic carbocycles. The number of carbonyl (C=O) groups is 1. The van der Waals surface area contributed by atoms with E-state index >= 15 is 0 Å². The number of rotatable bonds is 2. The molecule has 0 N–H and O–H groups in total. The number of carbonyl (C=O) groups excluding carboxylic acids is 1. The van der Waals surface area contributed by atoms with Gasteiger partial charge in [-0.05, 0) is 54.6 Å². The van der Waals surface area contributed by atoms with E-state index in [2.05, 4.69) is 12.3 Å². The molecule has 3 rings (SSSR count). The Morgan fingerprint density at radius 3 is 2.55 bits per heavy atom. The van der Waals surface area contributed by atoms with Crippen LogP contribution in [0, 0.1) is 13.8 Å². The Morgan fingerprint density at radius 2 is 1.90 bits per heavy atom. The molecule has 2 heterocycles. The van der Waals surface area contributed by atoms with Crippen molar-refractivity contribution in [3.8, 4) is 5.75 Å². The second kappa shape index (κ2) is 5.20. The van der Waals surface area contributed by atoms with Crippen molar-refractivity contribution in [2.24, 2.45) is 0 Å². The Bertz CT molecular complexity index is 784. The number of thiophene rings is 2. The lowest BCUT2D eigenvalue weighted by Gasteiger charge is -2.03. The highest BCUT2D eigenvalue weighted by molar-refractivity contribution is 7.38. The zero-order chi connectivity index (χ0) is 14.3. The summed E-state index contributed by atoms with van der Waals surface area (Å²) in [6.45, 7) is 4.03. The lowest BCUT2D eigenvalue weighted by Crippen LogP contribution is -2.07. The molecule has 0 aliphatic rings. The maximum absolute atomic E-state index is 12.3. The summed E-state index contributed by atoms with van der Waals surface area (Å²) in [4.78, 5) is 12.9. The summed E-state index contributed by atoms with van der Waals surface area (Å²) in [5.41, 5.74) is 2.21. The summed E-state index contributed by atoms with van der Waals surface area (Å²) < 4.78 is 6.56. The highest BCUT2D eigenvalue weighted by Crippen LogP contribution is 2.38. The molecule has 0 bridgehead atoms. The van der Waals surface area contributed by atoms with Crippen LogP contribution in [-0.2, 0) is 0 Å². The minimum Gasteiger partial charge on any atom is -0.422 e. The smallest absolute Gasteiger partial charge is 0.354 e. The topological polar surface area (TPSA) is 26.3 Å². The average Bonchev–Trinajstić information content (AvgIpc) is 2.94. The average molecular weight is 323 g/mol. The van der Waals surface area contributed by atoms with Crippen molar-refractivity contribution in [3.05, 3.63) is 50.7 Å². The van der Waals surface area contributed by atoms with Crippen LogP contribution in [0.25, 0.3) is 9.40 Å². The predicted octanol–water partition coefficient (Wildman–Crippen LogP) is 5.45. The van der Waals surface area contributed by atoms with Gasteiger partial charge in [0.15, 0.2) is 0 Å². The number of esters is 1. The van der Waals surface area contributed by atoms with Gasteiger partial charge in [0, 0.05) is 10.4 Å². The van der Waals surface area contributed by atoms with Gasteiger partial charge in [-0.3, -0.25) is 0 Å². The van der Waals surface area contributed by atoms with Crippen LogP contribution in [0.4, 0.5) is 0 Å². The van der Waals surface area contributed by atoms with Gasteiger partial charge in [-0.25, -0.2) is 4.79 Å². The molecule has 0 amide bonds. The van der Waals surface area contributed by atoms with Crippen LogP contribution >= 0.6 is 34.3 Å². The third-order valence-electron chi connectivity index (χ3n) is 3.06. The number of fused-ring (bicyclic) bond motifs is 1. The lowest BCUT2D eigenvalue weighted by molar-refractivity contribution is 0.0739. The first-order chi connectivity index (χ1) is 9.56. The Kier molecular flexibility index (Phi) is 3.54. The molecule has 0 radical (unpaired) electrons. The fourth-order valence-corrected chi connectivity index (χ4v) is 4.61. The maximum atomic E-state index is 12.3. The molecule has 0 fully saturated rings. The first-order valence-electron chi connectivity index (χ1n) is 6.01. The van der Waals surface area contributed by atoms with Gasteiger partial charge >= 0.3 is 5.97 Å². The fraction of sp³-hybridized carbons (Fsp3) is 0.133. The van der Waals surface area contributed by atoms with Crippen molar-refractivity contribution in [1.29, 1.82) is 0 Å². The summed E-state index contributed by atoms with van der Waals surface area (Å²) in [6.07, 6.45) is 0. The predicted molar refractivity (Wildman–Crippen MR) is 85.6 cm³/mol. The van der Waals surface area contributed by atoms with Crippen LogP contribution in [0.1, 0.15) is 20.8 Å². The fourth-order valence-electron chi connectivity index (χ4n) is 2.08. The molecule has 0 unspecified atom stereocenters. The van der Waals surface area contributed by atoms with Gasteiger partial charge < -0.3 is 4.74 Å². The van der Waals surface area contributed by atoms with Crippen LogP contribution in [-0.4, -0.2) is 5.97 Å². The van der Waals surface area contributed by atoms with E-state index < -0.39 is 0 Å². The number of aryl methyl sites for hydroxylation is 2. The second-order valence-electron chi connectivity index (χ2n) is 4.48. The molecule has 0 saturated carbocycles. The number of hydrogen-bond acceptors (Lipinski definition) is 4. The van der Waals surface area contributed by atoms with Gasteiger partial charge in [-0.15, -0.1) is 22.7 Å². The van der Waals surface area contributed by atoms with E-state index in [9.17, 15) is 4.79 Å². The molecular weight excluding hydrogens is 312 g/mol. The molecule has 20 heavy (non-hydrogen) atoms. The van der Waals surface area contributed by atoms with Crippen molar-refractivity contribution in [1.82, 2.24) is 0 Å². The first kappa shape index (κ1) is 13.6. The van der Waals surface area contributed by atoms with Crippen LogP contribution in [0.15, 0.2) is 29.6 Å². The summed E-state index contributed by atoms with van der Waals surface area (Å²) in [5, 5.41) is 3.92. The van der Waals surface area contributed by atoms with Gasteiger partial charge in [-0.1, -0.05) is 11.6 Å². The van der Waals surface area contributed by atoms with Gasteiger partial charge in [0.05, 0.1) is 4.01 Å². The van der Waals surface area contributed by atoms with E-state index in [1.165, 1.54) is 26.3 Å². The number of halogens is 1. The van der Waals surface area contributed by atoms with Crippen molar-refractivity contribution in [2.75, 3.05) is 0 Å². The summed E-state index contributed by atoms with van der Waals surface area (Å²) >= 11 is 8.97. The third-order valence-corrected chi connectivity index (χ3v) is 5.81. The van der Waals surface area contributed by atoms with Crippen LogP contribution in [0.5, 0.6) is 5.75 Å². The van der Waals surface area contributed by atoms with Gasteiger partial charge in [-0.2, -0.15) is 0 Å². The Morgan fingerprint density at radius 1 is 1.20 bits per heavy atom. The van der Waals surface area contributed by atoms with E-state index in [1.807, 2.05) is 6.92 Å². The normalized spacial score (nSPS) is 10.9. The van der Waals surface area contributed by atoms with E-state index in [0.29, 0.717) is 15.6 Å². The third kappa shape index (κ3) is 2.35. The minimum absolute atomic E-state index is 0.308. The molecule has 3 aromatic rings. The molecular formula is C15H11ClO2S2. The highest BCUT2D eigenvalue weighted by Gasteiger charge is 2.19. The van der Waals surface area contributed by atoms with E-state index in [4.69, 9.17) is 16.3 Å². The first-order valence-corrected chi connectivity index (χ1v) is 8.08. The molecule has 0 saturated heterocycles. The Hall–Kier alpha value is -1.36. The molecule has 5 heteroatoms. The summed E-state index contributed by atoms with van der Waals surface area (Å²) in [6, 6.07) is 6.79. The molecule has 0 atom stereocenters. The molecule has 2 nitrogen and oxygen atoms in total. The Labute approximate surface area is 129 Å². The second-order valence-corrected chi connectivity index (χ2v) is 7.08. The van der Waals surface area contributed by atoms with Crippen molar-refractivity contribution < 1.29 is 9.53 Å². The molecule has 1 aromatic carbocycles. The van der Waals surface area contributed by atoms with Crippen molar-refractivity contribution in [3.63, 3.8) is 0 Å². The zero-order valence-electron chi connectivity index (χ0n) is 10.9. The van der Waals surface area contributed by atoms with Crippen LogP contribution in [0.3, 0.4) is 0 Å². The highest BCUT2D eigenvalue weighted by atomic mass is 35.5. The maximum Gasteiger partial charge on any atom is 0.354 e. The van der Waals surface area contributed by atoms with Crippen LogP contribution in [0.2, 0.25) is 5.02 Å². The van der Waals surface area contributed by atoms with E-state index in [-0.39, 0.29) is 5.97 Å². The standard InChI is InChI=1S/C15H11ClO2S2/c1-8-7-19-15-12(8)9(2)13(20-15)14(17)18-11-5-3-10(16)4-6-11/h3-7H,1-2H3. The number of hydrogen-bond donors (Lipinski definition) is 0. The van der Waals surface area contributed by atoms with Crippen molar-refractivity contribution >= 4 is 49.6 Å². The van der Waals surface area contributed by atoms with Crippen LogP contribution < -0.4 is 4.74 Å². The van der Waals surface area contributed by atoms with E-state index in [1.54, 1.807) is 35.6 Å². The van der Waals surface area contributed by atoms with E-state index in [0.717, 1.165) is 5.56 Å². The zero-order valence-corrected chi connectivity index (χ0v) is 13.3. The quantitative estimate of drug-likeness (QED) is 0.463. The summed E-state index contributed by atoms with van der Waals surface area (Å²) in [5.74, 6) is 0.199. The largest absolute Gasteiger partial charge is 0.422 e. The molecule has 2 aromatic heterocycles. The molecule has 102 valence electrons. The van der Waals surface area contributed by atoms with Gasteiger partial charge in [0.2, 0.25) is 0 Å².